The molecule has 4 nitrogen and oxygen atoms in total. The summed E-state index contributed by atoms with van der Waals surface area (Å²) in [5.74, 6) is -1.92. The molecule has 0 aromatic heterocycles. The molecule has 1 aliphatic rings. The van der Waals surface area contributed by atoms with E-state index in [0.29, 0.717) is 10.5 Å². The molecule has 1 aromatic carbocycles. The van der Waals surface area contributed by atoms with E-state index in [4.69, 9.17) is 9.47 Å². The minimum absolute atomic E-state index is 0.0936. The fraction of sp³-hybridized carbons (Fsp3) is 0.417. The van der Waals surface area contributed by atoms with Crippen molar-refractivity contribution < 1.29 is 27.4 Å². The Kier molecular flexibility index (Phi) is 3.77. The van der Waals surface area contributed by atoms with E-state index < -0.39 is 18.4 Å². The van der Waals surface area contributed by atoms with Crippen LogP contribution in [0.4, 0.5) is 18.9 Å². The number of ether oxygens (including phenoxy) is 2. The van der Waals surface area contributed by atoms with Gasteiger partial charge < -0.3 is 9.47 Å². The number of fused-ring (bicyclic) bond motifs is 1. The van der Waals surface area contributed by atoms with Gasteiger partial charge in [0.25, 0.3) is 0 Å². The number of alkyl halides is 3. The average molecular weight is 275 g/mol. The second-order valence-corrected chi connectivity index (χ2v) is 4.02. The third-order valence-electron chi connectivity index (χ3n) is 2.79. The summed E-state index contributed by atoms with van der Waals surface area (Å²) in [4.78, 5) is 12.1. The molecule has 1 atom stereocenters. The summed E-state index contributed by atoms with van der Waals surface area (Å²) < 4.78 is 48.1. The minimum atomic E-state index is -4.93. The highest BCUT2D eigenvalue weighted by Gasteiger charge is 2.44. The van der Waals surface area contributed by atoms with Crippen molar-refractivity contribution in [3.8, 4) is 0 Å². The first-order valence-corrected chi connectivity index (χ1v) is 5.54. The van der Waals surface area contributed by atoms with Crippen molar-refractivity contribution in [3.05, 3.63) is 29.8 Å². The van der Waals surface area contributed by atoms with E-state index >= 15 is 0 Å². The number of carbonyl (C=O) groups is 1. The molecule has 0 unspecified atom stereocenters. The van der Waals surface area contributed by atoms with Gasteiger partial charge in [0, 0.05) is 18.4 Å². The molecule has 0 bridgehead atoms. The molecule has 0 saturated carbocycles. The fourth-order valence-electron chi connectivity index (χ4n) is 1.87. The third-order valence-corrected chi connectivity index (χ3v) is 2.79. The zero-order valence-corrected chi connectivity index (χ0v) is 10.1. The summed E-state index contributed by atoms with van der Waals surface area (Å²) >= 11 is 0. The van der Waals surface area contributed by atoms with E-state index in [-0.39, 0.29) is 18.8 Å². The highest BCUT2D eigenvalue weighted by molar-refractivity contribution is 5.98. The summed E-state index contributed by atoms with van der Waals surface area (Å²) in [6.45, 7) is -0.206. The summed E-state index contributed by atoms with van der Waals surface area (Å²) in [5, 5.41) is 0. The summed E-state index contributed by atoms with van der Waals surface area (Å²) in [6, 6.07) is 6.32. The molecule has 1 amide bonds. The average Bonchev–Trinajstić information content (AvgIpc) is 2.56. The lowest BCUT2D eigenvalue weighted by Crippen LogP contribution is -2.45. The molecular weight excluding hydrogens is 263 g/mol. The van der Waals surface area contributed by atoms with Gasteiger partial charge in [0.05, 0.1) is 13.2 Å². The van der Waals surface area contributed by atoms with Crippen LogP contribution in [0.2, 0.25) is 0 Å². The number of hydrogen-bond acceptors (Lipinski definition) is 3. The maximum Gasteiger partial charge on any atom is 0.471 e. The maximum absolute atomic E-state index is 12.6. The van der Waals surface area contributed by atoms with Gasteiger partial charge in [0.2, 0.25) is 0 Å². The number of para-hydroxylation sites is 1. The van der Waals surface area contributed by atoms with Gasteiger partial charge in [-0.05, 0) is 6.07 Å². The van der Waals surface area contributed by atoms with E-state index in [1.807, 2.05) is 0 Å². The van der Waals surface area contributed by atoms with Crippen LogP contribution in [0.3, 0.4) is 0 Å². The van der Waals surface area contributed by atoms with Crippen molar-refractivity contribution in [2.75, 3.05) is 18.6 Å². The van der Waals surface area contributed by atoms with Gasteiger partial charge in [-0.25, -0.2) is 0 Å². The van der Waals surface area contributed by atoms with Crippen molar-refractivity contribution >= 4 is 11.6 Å². The highest BCUT2D eigenvalue weighted by atomic mass is 19.4. The molecule has 7 heteroatoms. The van der Waals surface area contributed by atoms with E-state index in [1.54, 1.807) is 18.2 Å². The molecule has 0 aliphatic carbocycles. The van der Waals surface area contributed by atoms with E-state index in [9.17, 15) is 18.0 Å². The Hall–Kier alpha value is -1.60. The van der Waals surface area contributed by atoms with Crippen LogP contribution in [0.15, 0.2) is 24.3 Å². The van der Waals surface area contributed by atoms with E-state index in [1.165, 1.54) is 13.2 Å². The molecule has 0 radical (unpaired) electrons. The Bertz CT molecular complexity index is 476. The number of anilines is 1. The van der Waals surface area contributed by atoms with Crippen LogP contribution < -0.4 is 4.90 Å². The molecule has 0 fully saturated rings. The second-order valence-electron chi connectivity index (χ2n) is 4.02. The lowest BCUT2D eigenvalue weighted by molar-refractivity contribution is -0.172. The molecule has 0 spiro atoms. The van der Waals surface area contributed by atoms with Gasteiger partial charge in [0.15, 0.2) is 6.29 Å². The number of rotatable bonds is 1. The molecule has 104 valence electrons. The Morgan fingerprint density at radius 2 is 2.11 bits per heavy atom. The number of halogens is 3. The Morgan fingerprint density at radius 3 is 2.74 bits per heavy atom. The SMILES string of the molecule is CO[C@@H]1CN(C(=O)C(F)(F)F)c2ccccc2CO1. The van der Waals surface area contributed by atoms with Gasteiger partial charge in [0.1, 0.15) is 0 Å². The second kappa shape index (κ2) is 5.18. The molecule has 0 saturated heterocycles. The number of methoxy groups -OCH3 is 1. The van der Waals surface area contributed by atoms with Crippen LogP contribution in [0, 0.1) is 0 Å². The highest BCUT2D eigenvalue weighted by Crippen LogP contribution is 2.29. The van der Waals surface area contributed by atoms with Crippen LogP contribution in [-0.2, 0) is 20.9 Å². The van der Waals surface area contributed by atoms with Crippen LogP contribution in [-0.4, -0.2) is 32.0 Å². The zero-order chi connectivity index (χ0) is 14.0. The van der Waals surface area contributed by atoms with Crippen LogP contribution in [0.1, 0.15) is 5.56 Å². The van der Waals surface area contributed by atoms with E-state index in [0.717, 1.165) is 0 Å². The van der Waals surface area contributed by atoms with Gasteiger partial charge in [-0.15, -0.1) is 0 Å². The zero-order valence-electron chi connectivity index (χ0n) is 10.1. The summed E-state index contributed by atoms with van der Waals surface area (Å²) in [5.41, 5.74) is 0.712. The monoisotopic (exact) mass is 275 g/mol. The molecule has 0 N–H and O–H groups in total. The topological polar surface area (TPSA) is 38.8 Å². The van der Waals surface area contributed by atoms with Crippen LogP contribution in [0.5, 0.6) is 0 Å². The fourth-order valence-corrected chi connectivity index (χ4v) is 1.87. The van der Waals surface area contributed by atoms with Gasteiger partial charge >= 0.3 is 12.1 Å². The number of carbonyl (C=O) groups excluding carboxylic acids is 1. The van der Waals surface area contributed by atoms with Gasteiger partial charge in [-0.2, -0.15) is 13.2 Å². The smallest absolute Gasteiger partial charge is 0.354 e. The number of amides is 1. The molecular formula is C12H12F3NO3. The summed E-state index contributed by atoms with van der Waals surface area (Å²) in [6.07, 6.45) is -5.82. The van der Waals surface area contributed by atoms with Crippen LogP contribution in [0.25, 0.3) is 0 Å². The minimum Gasteiger partial charge on any atom is -0.354 e. The Labute approximate surface area is 107 Å². The molecule has 19 heavy (non-hydrogen) atoms. The predicted molar refractivity (Wildman–Crippen MR) is 60.4 cm³/mol. The number of benzene rings is 1. The predicted octanol–water partition coefficient (Wildman–Crippen LogP) is 2.08. The van der Waals surface area contributed by atoms with Crippen molar-refractivity contribution in [2.45, 2.75) is 19.1 Å². The lowest BCUT2D eigenvalue weighted by atomic mass is 10.1. The quantitative estimate of drug-likeness (QED) is 0.787. The van der Waals surface area contributed by atoms with Crippen molar-refractivity contribution in [2.24, 2.45) is 0 Å². The maximum atomic E-state index is 12.6. The first-order chi connectivity index (χ1) is 8.93. The molecule has 1 heterocycles. The van der Waals surface area contributed by atoms with Crippen molar-refractivity contribution in [3.63, 3.8) is 0 Å². The standard InChI is InChI=1S/C12H12F3NO3/c1-18-10-6-16(11(17)12(13,14)15)9-5-3-2-4-8(9)7-19-10/h2-5,10H,6-7H2,1H3/t10-/m0/s1. The Morgan fingerprint density at radius 1 is 1.42 bits per heavy atom. The van der Waals surface area contributed by atoms with Gasteiger partial charge in [-0.1, -0.05) is 18.2 Å². The third kappa shape index (κ3) is 2.87. The summed E-state index contributed by atoms with van der Waals surface area (Å²) in [7, 11) is 1.32. The first kappa shape index (κ1) is 13.8. The molecule has 2 rings (SSSR count). The first-order valence-electron chi connectivity index (χ1n) is 5.54. The van der Waals surface area contributed by atoms with Crippen molar-refractivity contribution in [1.29, 1.82) is 0 Å². The van der Waals surface area contributed by atoms with E-state index in [2.05, 4.69) is 0 Å². The molecule has 1 aromatic rings. The lowest BCUT2D eigenvalue weighted by Gasteiger charge is -2.25. The van der Waals surface area contributed by atoms with Gasteiger partial charge in [-0.3, -0.25) is 9.69 Å². The molecule has 1 aliphatic heterocycles. The largest absolute Gasteiger partial charge is 0.471 e. The normalized spacial score (nSPS) is 19.8. The Balaban J connectivity index is 2.40. The van der Waals surface area contributed by atoms with Crippen molar-refractivity contribution in [1.82, 2.24) is 0 Å². The van der Waals surface area contributed by atoms with Crippen LogP contribution >= 0.6 is 0 Å². The number of hydrogen-bond donors (Lipinski definition) is 0. The number of nitrogens with zero attached hydrogens (tertiary/aromatic N) is 1.